The van der Waals surface area contributed by atoms with Crippen LogP contribution in [-0.4, -0.2) is 42.3 Å². The molecule has 80 valence electrons. The fourth-order valence-electron chi connectivity index (χ4n) is 1.31. The molecule has 0 aromatic carbocycles. The van der Waals surface area contributed by atoms with Crippen LogP contribution in [0.2, 0.25) is 0 Å². The molecule has 3 heteroatoms. The minimum atomic E-state index is 0.278. The molecular formula is C10H24N2O. The number of aliphatic hydroxyl groups is 1. The highest BCUT2D eigenvalue weighted by atomic mass is 16.3. The monoisotopic (exact) mass is 188 g/mol. The topological polar surface area (TPSA) is 49.5 Å². The summed E-state index contributed by atoms with van der Waals surface area (Å²) >= 11 is 0. The summed E-state index contributed by atoms with van der Waals surface area (Å²) in [4.78, 5) is 2.37. The first kappa shape index (κ1) is 12.9. The zero-order valence-corrected chi connectivity index (χ0v) is 9.16. The summed E-state index contributed by atoms with van der Waals surface area (Å²) in [5, 5.41) is 8.74. The minimum absolute atomic E-state index is 0.278. The lowest BCUT2D eigenvalue weighted by Crippen LogP contribution is -2.37. The van der Waals surface area contributed by atoms with Gasteiger partial charge in [0, 0.05) is 25.7 Å². The zero-order valence-electron chi connectivity index (χ0n) is 9.16. The average Bonchev–Trinajstić information content (AvgIpc) is 2.11. The molecule has 0 radical (unpaired) electrons. The van der Waals surface area contributed by atoms with Gasteiger partial charge in [-0.3, -0.25) is 0 Å². The van der Waals surface area contributed by atoms with Crippen molar-refractivity contribution in [3.63, 3.8) is 0 Å². The van der Waals surface area contributed by atoms with E-state index in [-0.39, 0.29) is 6.61 Å². The Morgan fingerprint density at radius 2 is 1.92 bits per heavy atom. The van der Waals surface area contributed by atoms with Crippen molar-refractivity contribution < 1.29 is 5.11 Å². The van der Waals surface area contributed by atoms with Crippen LogP contribution < -0.4 is 5.73 Å². The van der Waals surface area contributed by atoms with E-state index in [4.69, 9.17) is 10.8 Å². The summed E-state index contributed by atoms with van der Waals surface area (Å²) < 4.78 is 0. The van der Waals surface area contributed by atoms with Crippen LogP contribution in [-0.2, 0) is 0 Å². The maximum absolute atomic E-state index is 8.74. The summed E-state index contributed by atoms with van der Waals surface area (Å²) in [6, 6.07) is 0.542. The Bertz CT molecular complexity index is 117. The molecule has 1 unspecified atom stereocenters. The van der Waals surface area contributed by atoms with Gasteiger partial charge in [-0.25, -0.2) is 0 Å². The normalized spacial score (nSPS) is 14.1. The molecular weight excluding hydrogens is 164 g/mol. The maximum Gasteiger partial charge on any atom is 0.0443 e. The van der Waals surface area contributed by atoms with Gasteiger partial charge < -0.3 is 15.7 Å². The van der Waals surface area contributed by atoms with Crippen LogP contribution in [0.1, 0.15) is 27.2 Å². The Labute approximate surface area is 81.9 Å². The third kappa shape index (κ3) is 6.02. The molecule has 0 aliphatic rings. The number of nitrogens with two attached hydrogens (primary N) is 1. The largest absolute Gasteiger partial charge is 0.396 e. The van der Waals surface area contributed by atoms with Crippen LogP contribution in [0.5, 0.6) is 0 Å². The van der Waals surface area contributed by atoms with E-state index in [9.17, 15) is 0 Å². The van der Waals surface area contributed by atoms with Gasteiger partial charge in [0.2, 0.25) is 0 Å². The van der Waals surface area contributed by atoms with Gasteiger partial charge in [0.15, 0.2) is 0 Å². The molecule has 0 saturated carbocycles. The Morgan fingerprint density at radius 1 is 1.31 bits per heavy atom. The molecule has 1 atom stereocenters. The van der Waals surface area contributed by atoms with Crippen molar-refractivity contribution >= 4 is 0 Å². The highest BCUT2D eigenvalue weighted by Gasteiger charge is 2.11. The molecule has 0 aliphatic carbocycles. The van der Waals surface area contributed by atoms with Gasteiger partial charge in [-0.2, -0.15) is 0 Å². The second-order valence-electron chi connectivity index (χ2n) is 4.01. The lowest BCUT2D eigenvalue weighted by Gasteiger charge is -2.28. The van der Waals surface area contributed by atoms with Crippen molar-refractivity contribution in [2.24, 2.45) is 11.7 Å². The van der Waals surface area contributed by atoms with Crippen molar-refractivity contribution in [1.82, 2.24) is 4.90 Å². The van der Waals surface area contributed by atoms with Crippen molar-refractivity contribution in [3.8, 4) is 0 Å². The standard InChI is InChI=1S/C10H24N2O/c1-9(2)12(5-4-6-13)8-10(3)7-11/h9-10,13H,4-8,11H2,1-3H3. The lowest BCUT2D eigenvalue weighted by atomic mass is 10.1. The van der Waals surface area contributed by atoms with Gasteiger partial charge in [0.25, 0.3) is 0 Å². The number of aliphatic hydroxyl groups excluding tert-OH is 1. The fourth-order valence-corrected chi connectivity index (χ4v) is 1.31. The first-order valence-corrected chi connectivity index (χ1v) is 5.16. The summed E-state index contributed by atoms with van der Waals surface area (Å²) in [6.45, 7) is 9.55. The van der Waals surface area contributed by atoms with E-state index in [1.54, 1.807) is 0 Å². The van der Waals surface area contributed by atoms with Crippen LogP contribution >= 0.6 is 0 Å². The minimum Gasteiger partial charge on any atom is -0.396 e. The summed E-state index contributed by atoms with van der Waals surface area (Å²) in [7, 11) is 0. The average molecular weight is 188 g/mol. The van der Waals surface area contributed by atoms with Crippen molar-refractivity contribution in [3.05, 3.63) is 0 Å². The number of rotatable bonds is 7. The van der Waals surface area contributed by atoms with E-state index in [2.05, 4.69) is 25.7 Å². The molecule has 0 aromatic rings. The van der Waals surface area contributed by atoms with Gasteiger partial charge in [0.1, 0.15) is 0 Å². The highest BCUT2D eigenvalue weighted by molar-refractivity contribution is 4.66. The fraction of sp³-hybridized carbons (Fsp3) is 1.00. The van der Waals surface area contributed by atoms with Gasteiger partial charge in [0.05, 0.1) is 0 Å². The van der Waals surface area contributed by atoms with Gasteiger partial charge in [-0.05, 0) is 32.7 Å². The Kier molecular flexibility index (Phi) is 7.23. The van der Waals surface area contributed by atoms with Crippen LogP contribution in [0.15, 0.2) is 0 Å². The first-order valence-electron chi connectivity index (χ1n) is 5.16. The summed E-state index contributed by atoms with van der Waals surface area (Å²) in [5.74, 6) is 0.543. The second kappa shape index (κ2) is 7.30. The van der Waals surface area contributed by atoms with Crippen molar-refractivity contribution in [2.45, 2.75) is 33.2 Å². The SMILES string of the molecule is CC(CN)CN(CCCO)C(C)C. The molecule has 0 aliphatic heterocycles. The quantitative estimate of drug-likeness (QED) is 0.617. The van der Waals surface area contributed by atoms with Crippen molar-refractivity contribution in [1.29, 1.82) is 0 Å². The molecule has 0 amide bonds. The van der Waals surface area contributed by atoms with Crippen LogP contribution in [0.25, 0.3) is 0 Å². The smallest absolute Gasteiger partial charge is 0.0443 e. The molecule has 0 saturated heterocycles. The van der Waals surface area contributed by atoms with E-state index in [1.807, 2.05) is 0 Å². The van der Waals surface area contributed by atoms with Crippen LogP contribution in [0.4, 0.5) is 0 Å². The zero-order chi connectivity index (χ0) is 10.3. The summed E-state index contributed by atoms with van der Waals surface area (Å²) in [5.41, 5.74) is 5.57. The molecule has 0 bridgehead atoms. The predicted octanol–water partition coefficient (Wildman–Crippen LogP) is 0.674. The second-order valence-corrected chi connectivity index (χ2v) is 4.01. The Hall–Kier alpha value is -0.120. The van der Waals surface area contributed by atoms with E-state index < -0.39 is 0 Å². The molecule has 0 heterocycles. The molecule has 0 rings (SSSR count). The third-order valence-corrected chi connectivity index (χ3v) is 2.28. The molecule has 3 nitrogen and oxygen atoms in total. The first-order chi connectivity index (χ1) is 6.11. The van der Waals surface area contributed by atoms with E-state index in [0.717, 1.165) is 26.1 Å². The molecule has 0 aromatic heterocycles. The Morgan fingerprint density at radius 3 is 2.31 bits per heavy atom. The van der Waals surface area contributed by atoms with Gasteiger partial charge in [-0.1, -0.05) is 6.92 Å². The third-order valence-electron chi connectivity index (χ3n) is 2.28. The highest BCUT2D eigenvalue weighted by Crippen LogP contribution is 2.04. The van der Waals surface area contributed by atoms with E-state index >= 15 is 0 Å². The molecule has 0 fully saturated rings. The maximum atomic E-state index is 8.74. The van der Waals surface area contributed by atoms with Gasteiger partial charge >= 0.3 is 0 Å². The lowest BCUT2D eigenvalue weighted by molar-refractivity contribution is 0.172. The number of hydrogen-bond donors (Lipinski definition) is 2. The van der Waals surface area contributed by atoms with E-state index in [1.165, 1.54) is 0 Å². The van der Waals surface area contributed by atoms with E-state index in [0.29, 0.717) is 12.0 Å². The number of nitrogens with zero attached hydrogens (tertiary/aromatic N) is 1. The molecule has 13 heavy (non-hydrogen) atoms. The molecule has 0 spiro atoms. The predicted molar refractivity (Wildman–Crippen MR) is 56.6 cm³/mol. The molecule has 3 N–H and O–H groups in total. The Balaban J connectivity index is 3.79. The summed E-state index contributed by atoms with van der Waals surface area (Å²) in [6.07, 6.45) is 0.857. The van der Waals surface area contributed by atoms with Crippen LogP contribution in [0, 0.1) is 5.92 Å². The van der Waals surface area contributed by atoms with Crippen LogP contribution in [0.3, 0.4) is 0 Å². The van der Waals surface area contributed by atoms with Crippen molar-refractivity contribution in [2.75, 3.05) is 26.2 Å². The number of hydrogen-bond acceptors (Lipinski definition) is 3. The van der Waals surface area contributed by atoms with Gasteiger partial charge in [-0.15, -0.1) is 0 Å².